The summed E-state index contributed by atoms with van der Waals surface area (Å²) in [7, 11) is 0. The molecule has 1 atom stereocenters. The predicted octanol–water partition coefficient (Wildman–Crippen LogP) is 2.78. The monoisotopic (exact) mass is 320 g/mol. The van der Waals surface area contributed by atoms with Crippen LogP contribution in [0.1, 0.15) is 16.8 Å². The number of anilines is 1. The second kappa shape index (κ2) is 6.70. The first-order valence-electron chi connectivity index (χ1n) is 7.08. The van der Waals surface area contributed by atoms with Crippen LogP contribution >= 0.6 is 0 Å². The quantitative estimate of drug-likeness (QED) is 0.941. The van der Waals surface area contributed by atoms with E-state index in [2.05, 4.69) is 10.3 Å². The van der Waals surface area contributed by atoms with Crippen LogP contribution in [0.5, 0.6) is 5.88 Å². The Morgan fingerprint density at radius 1 is 1.30 bits per heavy atom. The maximum absolute atomic E-state index is 13.6. The maximum atomic E-state index is 13.6. The first-order chi connectivity index (χ1) is 11.1. The number of benzene rings is 1. The highest BCUT2D eigenvalue weighted by molar-refractivity contribution is 6.04. The number of rotatable bonds is 4. The van der Waals surface area contributed by atoms with Crippen molar-refractivity contribution < 1.29 is 23.0 Å². The van der Waals surface area contributed by atoms with Crippen molar-refractivity contribution >= 4 is 11.6 Å². The van der Waals surface area contributed by atoms with Gasteiger partial charge in [-0.1, -0.05) is 0 Å². The Morgan fingerprint density at radius 3 is 2.96 bits per heavy atom. The summed E-state index contributed by atoms with van der Waals surface area (Å²) in [5, 5.41) is 2.49. The van der Waals surface area contributed by atoms with Crippen molar-refractivity contribution in [2.24, 2.45) is 0 Å². The maximum Gasteiger partial charge on any atom is 0.258 e. The molecule has 2 heterocycles. The number of hydrogen-bond donors (Lipinski definition) is 1. The van der Waals surface area contributed by atoms with Gasteiger partial charge < -0.3 is 14.8 Å². The van der Waals surface area contributed by atoms with Crippen LogP contribution in [-0.4, -0.2) is 30.2 Å². The molecule has 1 fully saturated rings. The van der Waals surface area contributed by atoms with Crippen LogP contribution in [0.2, 0.25) is 0 Å². The summed E-state index contributed by atoms with van der Waals surface area (Å²) in [6, 6.07) is 5.76. The molecular weight excluding hydrogens is 306 g/mol. The second-order valence-corrected chi connectivity index (χ2v) is 5.06. The smallest absolute Gasteiger partial charge is 0.258 e. The molecule has 1 aromatic heterocycles. The van der Waals surface area contributed by atoms with E-state index in [1.165, 1.54) is 18.3 Å². The molecule has 0 bridgehead atoms. The van der Waals surface area contributed by atoms with E-state index in [9.17, 15) is 13.6 Å². The normalized spacial score (nSPS) is 17.0. The highest BCUT2D eigenvalue weighted by atomic mass is 19.1. The van der Waals surface area contributed by atoms with E-state index in [4.69, 9.17) is 9.47 Å². The van der Waals surface area contributed by atoms with Gasteiger partial charge in [0.05, 0.1) is 18.8 Å². The van der Waals surface area contributed by atoms with Crippen LogP contribution in [0, 0.1) is 11.6 Å². The van der Waals surface area contributed by atoms with Gasteiger partial charge in [0.15, 0.2) is 0 Å². The van der Waals surface area contributed by atoms with E-state index >= 15 is 0 Å². The third-order valence-electron chi connectivity index (χ3n) is 3.34. The van der Waals surface area contributed by atoms with Gasteiger partial charge in [-0.25, -0.2) is 13.8 Å². The van der Waals surface area contributed by atoms with E-state index in [0.29, 0.717) is 24.8 Å². The number of aromatic nitrogens is 1. The molecule has 3 rings (SSSR count). The fourth-order valence-corrected chi connectivity index (χ4v) is 2.20. The lowest BCUT2D eigenvalue weighted by molar-refractivity contribution is 0.102. The largest absolute Gasteiger partial charge is 0.472 e. The summed E-state index contributed by atoms with van der Waals surface area (Å²) in [5.74, 6) is -1.89. The number of pyridine rings is 1. The number of carbonyl (C=O) groups excluding carboxylic acids is 1. The molecule has 1 aliphatic rings. The molecule has 0 aliphatic carbocycles. The first kappa shape index (κ1) is 15.4. The van der Waals surface area contributed by atoms with Crippen LogP contribution in [0.25, 0.3) is 0 Å². The minimum absolute atomic E-state index is 0.0749. The molecule has 0 saturated carbocycles. The highest BCUT2D eigenvalue weighted by Crippen LogP contribution is 2.19. The summed E-state index contributed by atoms with van der Waals surface area (Å²) in [6.07, 6.45) is 2.16. The summed E-state index contributed by atoms with van der Waals surface area (Å²) >= 11 is 0. The van der Waals surface area contributed by atoms with Gasteiger partial charge in [-0.15, -0.1) is 0 Å². The molecule has 7 heteroatoms. The molecule has 0 spiro atoms. The third kappa shape index (κ3) is 3.81. The van der Waals surface area contributed by atoms with Gasteiger partial charge in [0.2, 0.25) is 5.88 Å². The molecule has 23 heavy (non-hydrogen) atoms. The number of nitrogens with one attached hydrogen (secondary N) is 1. The molecular formula is C16H14F2N2O3. The Balaban J connectivity index is 1.72. The predicted molar refractivity (Wildman–Crippen MR) is 78.4 cm³/mol. The van der Waals surface area contributed by atoms with Crippen molar-refractivity contribution in [3.8, 4) is 5.88 Å². The Kier molecular flexibility index (Phi) is 4.47. The summed E-state index contributed by atoms with van der Waals surface area (Å²) in [5.41, 5.74) is 0.0102. The van der Waals surface area contributed by atoms with Gasteiger partial charge in [0.1, 0.15) is 17.7 Å². The van der Waals surface area contributed by atoms with Gasteiger partial charge in [-0.2, -0.15) is 0 Å². The average Bonchev–Trinajstić information content (AvgIpc) is 3.03. The molecule has 1 N–H and O–H groups in total. The molecule has 2 aromatic rings. The number of hydrogen-bond acceptors (Lipinski definition) is 4. The molecule has 1 saturated heterocycles. The Labute approximate surface area is 131 Å². The Hall–Kier alpha value is -2.54. The van der Waals surface area contributed by atoms with Gasteiger partial charge in [0.25, 0.3) is 5.91 Å². The standard InChI is InChI=1S/C16H14F2N2O3/c17-10-1-2-14(18)13(7-10)16(21)20-11-3-5-19-15(8-11)23-12-4-6-22-9-12/h1-3,5,7-8,12H,4,6,9H2,(H,19,20,21)/t12-/m1/s1. The lowest BCUT2D eigenvalue weighted by Gasteiger charge is -2.12. The molecule has 1 aromatic carbocycles. The highest BCUT2D eigenvalue weighted by Gasteiger charge is 2.18. The molecule has 0 radical (unpaired) electrons. The minimum atomic E-state index is -0.794. The van der Waals surface area contributed by atoms with Gasteiger partial charge >= 0.3 is 0 Å². The van der Waals surface area contributed by atoms with E-state index in [1.54, 1.807) is 0 Å². The average molecular weight is 320 g/mol. The van der Waals surface area contributed by atoms with Crippen molar-refractivity contribution in [1.29, 1.82) is 0 Å². The summed E-state index contributed by atoms with van der Waals surface area (Å²) in [4.78, 5) is 16.1. The lowest BCUT2D eigenvalue weighted by atomic mass is 10.2. The van der Waals surface area contributed by atoms with Crippen molar-refractivity contribution in [2.75, 3.05) is 18.5 Å². The van der Waals surface area contributed by atoms with Crippen molar-refractivity contribution in [3.63, 3.8) is 0 Å². The van der Waals surface area contributed by atoms with E-state index in [1.807, 2.05) is 0 Å². The number of halogens is 2. The van der Waals surface area contributed by atoms with E-state index in [-0.39, 0.29) is 11.7 Å². The van der Waals surface area contributed by atoms with Crippen LogP contribution < -0.4 is 10.1 Å². The van der Waals surface area contributed by atoms with Gasteiger partial charge in [0, 0.05) is 24.4 Å². The zero-order chi connectivity index (χ0) is 16.2. The summed E-state index contributed by atoms with van der Waals surface area (Å²) in [6.45, 7) is 1.13. The third-order valence-corrected chi connectivity index (χ3v) is 3.34. The zero-order valence-corrected chi connectivity index (χ0v) is 12.1. The summed E-state index contributed by atoms with van der Waals surface area (Å²) < 4.78 is 37.6. The minimum Gasteiger partial charge on any atom is -0.472 e. The lowest BCUT2D eigenvalue weighted by Crippen LogP contribution is -2.17. The van der Waals surface area contributed by atoms with Crippen molar-refractivity contribution in [3.05, 3.63) is 53.7 Å². The SMILES string of the molecule is O=C(Nc1ccnc(O[C@@H]2CCOC2)c1)c1cc(F)ccc1F. The fourth-order valence-electron chi connectivity index (χ4n) is 2.20. The fraction of sp³-hybridized carbons (Fsp3) is 0.250. The van der Waals surface area contributed by atoms with Crippen molar-refractivity contribution in [2.45, 2.75) is 12.5 Å². The van der Waals surface area contributed by atoms with Crippen molar-refractivity contribution in [1.82, 2.24) is 4.98 Å². The van der Waals surface area contributed by atoms with Crippen LogP contribution in [0.4, 0.5) is 14.5 Å². The first-order valence-corrected chi connectivity index (χ1v) is 7.08. The Bertz CT molecular complexity index is 718. The number of carbonyl (C=O) groups is 1. The molecule has 1 amide bonds. The van der Waals surface area contributed by atoms with Crippen LogP contribution in [-0.2, 0) is 4.74 Å². The van der Waals surface area contributed by atoms with Crippen LogP contribution in [0.3, 0.4) is 0 Å². The van der Waals surface area contributed by atoms with Gasteiger partial charge in [-0.05, 0) is 24.3 Å². The Morgan fingerprint density at radius 2 is 2.17 bits per heavy atom. The number of amides is 1. The van der Waals surface area contributed by atoms with E-state index in [0.717, 1.165) is 24.6 Å². The van der Waals surface area contributed by atoms with Crippen LogP contribution in [0.15, 0.2) is 36.5 Å². The topological polar surface area (TPSA) is 60.5 Å². The van der Waals surface area contributed by atoms with E-state index < -0.39 is 17.5 Å². The molecule has 120 valence electrons. The number of nitrogens with zero attached hydrogens (tertiary/aromatic N) is 1. The zero-order valence-electron chi connectivity index (χ0n) is 12.1. The second-order valence-electron chi connectivity index (χ2n) is 5.06. The van der Waals surface area contributed by atoms with Gasteiger partial charge in [-0.3, -0.25) is 4.79 Å². The molecule has 0 unspecified atom stereocenters. The molecule has 1 aliphatic heterocycles. The number of ether oxygens (including phenoxy) is 2. The molecule has 5 nitrogen and oxygen atoms in total.